The zero-order valence-electron chi connectivity index (χ0n) is 23.3. The maximum absolute atomic E-state index is 12.6. The first kappa shape index (κ1) is 28.7. The molecule has 0 bridgehead atoms. The monoisotopic (exact) mass is 537 g/mol. The van der Waals surface area contributed by atoms with Crippen LogP contribution in [0.15, 0.2) is 109 Å². The summed E-state index contributed by atoms with van der Waals surface area (Å²) in [7, 11) is 1.64. The summed E-state index contributed by atoms with van der Waals surface area (Å²) in [5.41, 5.74) is 4.87. The van der Waals surface area contributed by atoms with Crippen LogP contribution in [0.5, 0.6) is 5.75 Å². The summed E-state index contributed by atoms with van der Waals surface area (Å²) >= 11 is 0. The van der Waals surface area contributed by atoms with Gasteiger partial charge in [0.05, 0.1) is 20.3 Å². The highest BCUT2D eigenvalue weighted by atomic mass is 16.7. The predicted octanol–water partition coefficient (Wildman–Crippen LogP) is 6.59. The van der Waals surface area contributed by atoms with Gasteiger partial charge in [-0.2, -0.15) is 0 Å². The minimum absolute atomic E-state index is 0.0185. The Labute approximate surface area is 235 Å². The first-order valence-corrected chi connectivity index (χ1v) is 13.2. The number of ether oxygens (including phenoxy) is 2. The summed E-state index contributed by atoms with van der Waals surface area (Å²) in [6.07, 6.45) is 0. The zero-order chi connectivity index (χ0) is 28.6. The Hall–Kier alpha value is -4.26. The topological polar surface area (TPSA) is 73.9 Å². The van der Waals surface area contributed by atoms with Gasteiger partial charge < -0.3 is 9.47 Å². The highest BCUT2D eigenvalue weighted by Gasteiger charge is 2.37. The quantitative estimate of drug-likeness (QED) is 0.101. The number of benzene rings is 4. The van der Waals surface area contributed by atoms with E-state index in [0.717, 1.165) is 22.4 Å². The van der Waals surface area contributed by atoms with Gasteiger partial charge in [-0.15, -0.1) is 0 Å². The average molecular weight is 538 g/mol. The Morgan fingerprint density at radius 3 is 1.65 bits per heavy atom. The first-order valence-electron chi connectivity index (χ1n) is 13.2. The van der Waals surface area contributed by atoms with Crippen molar-refractivity contribution in [1.82, 2.24) is 5.48 Å². The molecular weight excluding hydrogens is 502 g/mol. The summed E-state index contributed by atoms with van der Waals surface area (Å²) in [5, 5.41) is 0. The zero-order valence-corrected chi connectivity index (χ0v) is 23.3. The van der Waals surface area contributed by atoms with Crippen LogP contribution in [-0.4, -0.2) is 32.0 Å². The van der Waals surface area contributed by atoms with Crippen molar-refractivity contribution in [3.8, 4) is 5.75 Å². The van der Waals surface area contributed by atoms with Gasteiger partial charge in [0.1, 0.15) is 11.4 Å². The van der Waals surface area contributed by atoms with Crippen molar-refractivity contribution in [3.05, 3.63) is 137 Å². The van der Waals surface area contributed by atoms with Crippen LogP contribution in [0, 0.1) is 5.41 Å². The number of methoxy groups -OCH3 is 1. The van der Waals surface area contributed by atoms with Crippen molar-refractivity contribution in [2.24, 2.45) is 5.41 Å². The number of carbonyl (C=O) groups excluding carboxylic acids is 2. The predicted molar refractivity (Wildman–Crippen MR) is 155 cm³/mol. The summed E-state index contributed by atoms with van der Waals surface area (Å²) in [6.45, 7) is 5.90. The molecule has 1 amide bonds. The highest BCUT2D eigenvalue weighted by Crippen LogP contribution is 2.41. The molecule has 0 aliphatic rings. The molecule has 0 aromatic heterocycles. The van der Waals surface area contributed by atoms with Crippen molar-refractivity contribution < 1.29 is 23.9 Å². The molecule has 6 heteroatoms. The molecule has 40 heavy (non-hydrogen) atoms. The van der Waals surface area contributed by atoms with Gasteiger partial charge in [0, 0.05) is 16.5 Å². The lowest BCUT2D eigenvalue weighted by Crippen LogP contribution is -2.35. The Morgan fingerprint density at radius 1 is 0.650 bits per heavy atom. The minimum Gasteiger partial charge on any atom is -0.497 e. The summed E-state index contributed by atoms with van der Waals surface area (Å²) in [5.74, 6) is 0.368. The van der Waals surface area contributed by atoms with Gasteiger partial charge in [0.2, 0.25) is 0 Å². The molecule has 0 radical (unpaired) electrons. The molecule has 0 spiro atoms. The molecule has 4 rings (SSSR count). The van der Waals surface area contributed by atoms with E-state index in [1.54, 1.807) is 31.4 Å². The number of hydrogen-bond donors (Lipinski definition) is 1. The van der Waals surface area contributed by atoms with E-state index in [-0.39, 0.29) is 19.0 Å². The molecule has 0 fully saturated rings. The molecule has 0 atom stereocenters. The van der Waals surface area contributed by atoms with E-state index >= 15 is 0 Å². The second kappa shape index (κ2) is 12.7. The number of amides is 1. The minimum atomic E-state index is -0.919. The van der Waals surface area contributed by atoms with Gasteiger partial charge in [0.15, 0.2) is 5.78 Å². The fraction of sp³-hybridized carbons (Fsp3) is 0.235. The third kappa shape index (κ3) is 6.47. The van der Waals surface area contributed by atoms with E-state index < -0.39 is 16.9 Å². The smallest absolute Gasteiger partial charge is 0.274 e. The lowest BCUT2D eigenvalue weighted by atomic mass is 9.80. The van der Waals surface area contributed by atoms with Gasteiger partial charge >= 0.3 is 0 Å². The Bertz CT molecular complexity index is 1350. The number of rotatable bonds is 11. The van der Waals surface area contributed by atoms with Crippen LogP contribution in [0.2, 0.25) is 0 Å². The van der Waals surface area contributed by atoms with E-state index in [4.69, 9.17) is 14.3 Å². The van der Waals surface area contributed by atoms with E-state index in [1.165, 1.54) is 0 Å². The van der Waals surface area contributed by atoms with Gasteiger partial charge in [0.25, 0.3) is 5.91 Å². The van der Waals surface area contributed by atoms with E-state index in [2.05, 4.69) is 5.48 Å². The molecule has 0 saturated carbocycles. The van der Waals surface area contributed by atoms with E-state index in [1.807, 2.05) is 106 Å². The standard InChI is InChI=1S/C34H35NO5/c1-33(2,3)31(36)25-15-17-26(18-16-25)32(37)35-40-24-23-39-34(27-11-7-5-8-12-27,28-13-9-6-10-14-28)29-19-21-30(38-4)22-20-29/h5-22H,23-24H2,1-4H3,(H,35,37). The fourth-order valence-electron chi connectivity index (χ4n) is 4.54. The summed E-state index contributed by atoms with van der Waals surface area (Å²) < 4.78 is 12.0. The van der Waals surface area contributed by atoms with E-state index in [0.29, 0.717) is 11.1 Å². The molecule has 4 aromatic rings. The normalized spacial score (nSPS) is 11.6. The highest BCUT2D eigenvalue weighted by molar-refractivity contribution is 6.01. The Kier molecular flexibility index (Phi) is 9.15. The van der Waals surface area contributed by atoms with Crippen molar-refractivity contribution in [2.75, 3.05) is 20.3 Å². The molecule has 0 unspecified atom stereocenters. The number of hydrogen-bond acceptors (Lipinski definition) is 5. The van der Waals surface area contributed by atoms with Crippen LogP contribution in [0.4, 0.5) is 0 Å². The van der Waals surface area contributed by atoms with Crippen LogP contribution in [0.25, 0.3) is 0 Å². The summed E-state index contributed by atoms with van der Waals surface area (Å²) in [4.78, 5) is 30.6. The van der Waals surface area contributed by atoms with Gasteiger partial charge in [-0.05, 0) is 41.0 Å². The Morgan fingerprint density at radius 2 is 1.15 bits per heavy atom. The average Bonchev–Trinajstić information content (AvgIpc) is 2.99. The molecule has 4 aromatic carbocycles. The van der Waals surface area contributed by atoms with Crippen LogP contribution in [0.1, 0.15) is 58.2 Å². The lowest BCUT2D eigenvalue weighted by molar-refractivity contribution is -0.0431. The van der Waals surface area contributed by atoms with Gasteiger partial charge in [-0.1, -0.05) is 106 Å². The first-order chi connectivity index (χ1) is 19.3. The van der Waals surface area contributed by atoms with Crippen molar-refractivity contribution in [1.29, 1.82) is 0 Å². The van der Waals surface area contributed by atoms with Crippen molar-refractivity contribution in [2.45, 2.75) is 26.4 Å². The molecule has 1 N–H and O–H groups in total. The Balaban J connectivity index is 1.48. The molecule has 0 aliphatic heterocycles. The van der Waals surface area contributed by atoms with Crippen LogP contribution >= 0.6 is 0 Å². The lowest BCUT2D eigenvalue weighted by Gasteiger charge is -2.36. The maximum Gasteiger partial charge on any atom is 0.274 e. The summed E-state index contributed by atoms with van der Waals surface area (Å²) in [6, 6.07) is 34.4. The third-order valence-electron chi connectivity index (χ3n) is 6.62. The molecule has 6 nitrogen and oxygen atoms in total. The number of nitrogens with one attached hydrogen (secondary N) is 1. The molecule has 0 saturated heterocycles. The van der Waals surface area contributed by atoms with Crippen LogP contribution < -0.4 is 10.2 Å². The fourth-order valence-corrected chi connectivity index (χ4v) is 4.54. The number of Topliss-reactive ketones (excluding diaryl/α,β-unsaturated/α-hetero) is 1. The van der Waals surface area contributed by atoms with Crippen LogP contribution in [0.3, 0.4) is 0 Å². The SMILES string of the molecule is COc1ccc(C(OCCONC(=O)c2ccc(C(=O)C(C)(C)C)cc2)(c2ccccc2)c2ccccc2)cc1. The number of hydroxylamine groups is 1. The number of ketones is 1. The van der Waals surface area contributed by atoms with E-state index in [9.17, 15) is 9.59 Å². The van der Waals surface area contributed by atoms with Crippen molar-refractivity contribution >= 4 is 11.7 Å². The third-order valence-corrected chi connectivity index (χ3v) is 6.62. The van der Waals surface area contributed by atoms with Crippen LogP contribution in [-0.2, 0) is 15.2 Å². The molecule has 206 valence electrons. The molecule has 0 heterocycles. The maximum atomic E-state index is 12.6. The van der Waals surface area contributed by atoms with Gasteiger partial charge in [-0.3, -0.25) is 14.4 Å². The van der Waals surface area contributed by atoms with Gasteiger partial charge in [-0.25, -0.2) is 5.48 Å². The second-order valence-corrected chi connectivity index (χ2v) is 10.4. The van der Waals surface area contributed by atoms with Crippen molar-refractivity contribution in [3.63, 3.8) is 0 Å². The largest absolute Gasteiger partial charge is 0.497 e. The number of carbonyl (C=O) groups is 2. The molecular formula is C34H35NO5. The molecule has 0 aliphatic carbocycles. The second-order valence-electron chi connectivity index (χ2n) is 10.4.